The summed E-state index contributed by atoms with van der Waals surface area (Å²) in [5, 5.41) is 14.8. The second-order valence-electron chi connectivity index (χ2n) is 4.09. The second-order valence-corrected chi connectivity index (χ2v) is 4.09. The monoisotopic (exact) mass is 229 g/mol. The van der Waals surface area contributed by atoms with E-state index in [1.807, 2.05) is 7.05 Å². The van der Waals surface area contributed by atoms with Crippen LogP contribution in [0.1, 0.15) is 6.42 Å². The van der Waals surface area contributed by atoms with Crippen LogP contribution in [-0.2, 0) is 9.59 Å². The SMILES string of the molecule is CNCC(=O)N1C[C@@H](CNC)C[C@H]1C(=O)O. The summed E-state index contributed by atoms with van der Waals surface area (Å²) in [5.74, 6) is -0.830. The average molecular weight is 229 g/mol. The molecule has 1 rings (SSSR count). The van der Waals surface area contributed by atoms with Gasteiger partial charge in [-0.2, -0.15) is 0 Å². The molecule has 1 amide bonds. The maximum Gasteiger partial charge on any atom is 0.326 e. The molecule has 0 aromatic rings. The molecule has 1 aliphatic rings. The molecule has 0 radical (unpaired) electrons. The Balaban J connectivity index is 2.65. The summed E-state index contributed by atoms with van der Waals surface area (Å²) in [6.45, 7) is 1.46. The van der Waals surface area contributed by atoms with Crippen molar-refractivity contribution < 1.29 is 14.7 Å². The Morgan fingerprint density at radius 3 is 2.56 bits per heavy atom. The van der Waals surface area contributed by atoms with Gasteiger partial charge in [0.05, 0.1) is 6.54 Å². The lowest BCUT2D eigenvalue weighted by Gasteiger charge is -2.21. The Hall–Kier alpha value is -1.14. The molecule has 1 saturated heterocycles. The molecule has 92 valence electrons. The van der Waals surface area contributed by atoms with E-state index in [0.29, 0.717) is 13.0 Å². The number of nitrogens with zero attached hydrogens (tertiary/aromatic N) is 1. The van der Waals surface area contributed by atoms with Gasteiger partial charge < -0.3 is 20.6 Å². The number of carboxylic acid groups (broad SMARTS) is 1. The molecule has 0 aliphatic carbocycles. The predicted octanol–water partition coefficient (Wildman–Crippen LogP) is -1.27. The van der Waals surface area contributed by atoms with E-state index in [1.54, 1.807) is 7.05 Å². The lowest BCUT2D eigenvalue weighted by atomic mass is 10.1. The van der Waals surface area contributed by atoms with E-state index in [4.69, 9.17) is 5.11 Å². The molecular formula is C10H19N3O3. The van der Waals surface area contributed by atoms with Gasteiger partial charge in [-0.3, -0.25) is 4.79 Å². The lowest BCUT2D eigenvalue weighted by Crippen LogP contribution is -2.44. The molecule has 1 heterocycles. The topological polar surface area (TPSA) is 81.7 Å². The van der Waals surface area contributed by atoms with Crippen LogP contribution in [-0.4, -0.2) is 61.7 Å². The molecule has 1 aliphatic heterocycles. The number of carbonyl (C=O) groups excluding carboxylic acids is 1. The molecule has 3 N–H and O–H groups in total. The van der Waals surface area contributed by atoms with Crippen LogP contribution in [0.4, 0.5) is 0 Å². The van der Waals surface area contributed by atoms with E-state index in [-0.39, 0.29) is 18.4 Å². The Labute approximate surface area is 95.0 Å². The van der Waals surface area contributed by atoms with Gasteiger partial charge in [-0.15, -0.1) is 0 Å². The molecule has 16 heavy (non-hydrogen) atoms. The smallest absolute Gasteiger partial charge is 0.326 e. The summed E-state index contributed by atoms with van der Waals surface area (Å²) >= 11 is 0. The van der Waals surface area contributed by atoms with Crippen molar-refractivity contribution in [2.75, 3.05) is 33.7 Å². The first-order valence-electron chi connectivity index (χ1n) is 5.41. The van der Waals surface area contributed by atoms with Gasteiger partial charge in [0.1, 0.15) is 6.04 Å². The maximum absolute atomic E-state index is 11.7. The van der Waals surface area contributed by atoms with Gasteiger partial charge in [0.25, 0.3) is 0 Å². The number of rotatable bonds is 5. The molecule has 6 heteroatoms. The number of aliphatic carboxylic acids is 1. The molecule has 0 unspecified atom stereocenters. The first kappa shape index (κ1) is 12.9. The van der Waals surface area contributed by atoms with Crippen LogP contribution in [0.5, 0.6) is 0 Å². The summed E-state index contributed by atoms with van der Waals surface area (Å²) in [4.78, 5) is 24.2. The van der Waals surface area contributed by atoms with Gasteiger partial charge in [0, 0.05) is 6.54 Å². The number of carboxylic acids is 1. The van der Waals surface area contributed by atoms with Crippen LogP contribution in [0.25, 0.3) is 0 Å². The Morgan fingerprint density at radius 2 is 2.06 bits per heavy atom. The number of nitrogens with one attached hydrogen (secondary N) is 2. The zero-order valence-corrected chi connectivity index (χ0v) is 9.69. The van der Waals surface area contributed by atoms with Gasteiger partial charge in [-0.25, -0.2) is 4.79 Å². The first-order chi connectivity index (χ1) is 7.60. The van der Waals surface area contributed by atoms with Gasteiger partial charge in [0.2, 0.25) is 5.91 Å². The van der Waals surface area contributed by atoms with Crippen molar-refractivity contribution >= 4 is 11.9 Å². The zero-order chi connectivity index (χ0) is 12.1. The molecule has 0 spiro atoms. The van der Waals surface area contributed by atoms with E-state index in [2.05, 4.69) is 10.6 Å². The highest BCUT2D eigenvalue weighted by Gasteiger charge is 2.38. The largest absolute Gasteiger partial charge is 0.480 e. The number of carbonyl (C=O) groups is 2. The third-order valence-corrected chi connectivity index (χ3v) is 2.81. The standard InChI is InChI=1S/C10H19N3O3/c1-11-4-7-3-8(10(15)16)13(6-7)9(14)5-12-2/h7-8,11-12H,3-6H2,1-2H3,(H,15,16)/t7-,8+/m1/s1. The molecule has 0 bridgehead atoms. The molecule has 6 nitrogen and oxygen atoms in total. The van der Waals surface area contributed by atoms with E-state index in [1.165, 1.54) is 4.90 Å². The van der Waals surface area contributed by atoms with Crippen LogP contribution in [0.2, 0.25) is 0 Å². The van der Waals surface area contributed by atoms with Crippen molar-refractivity contribution in [1.29, 1.82) is 0 Å². The first-order valence-corrected chi connectivity index (χ1v) is 5.41. The normalized spacial score (nSPS) is 24.8. The summed E-state index contributed by atoms with van der Waals surface area (Å²) in [7, 11) is 3.50. The zero-order valence-electron chi connectivity index (χ0n) is 9.69. The van der Waals surface area contributed by atoms with Gasteiger partial charge in [-0.1, -0.05) is 0 Å². The molecule has 2 atom stereocenters. The number of amides is 1. The Bertz CT molecular complexity index is 270. The van der Waals surface area contributed by atoms with Crippen molar-refractivity contribution in [2.24, 2.45) is 5.92 Å². The van der Waals surface area contributed by atoms with Crippen LogP contribution < -0.4 is 10.6 Å². The number of hydrogen-bond acceptors (Lipinski definition) is 4. The number of likely N-dealkylation sites (tertiary alicyclic amines) is 1. The lowest BCUT2D eigenvalue weighted by molar-refractivity contribution is -0.147. The Kier molecular flexibility index (Phi) is 4.70. The van der Waals surface area contributed by atoms with Crippen LogP contribution in [0.3, 0.4) is 0 Å². The van der Waals surface area contributed by atoms with E-state index in [0.717, 1.165) is 6.54 Å². The molecule has 0 saturated carbocycles. The van der Waals surface area contributed by atoms with Crippen LogP contribution in [0.15, 0.2) is 0 Å². The van der Waals surface area contributed by atoms with Crippen molar-refractivity contribution in [3.05, 3.63) is 0 Å². The minimum atomic E-state index is -0.914. The van der Waals surface area contributed by atoms with Crippen LogP contribution >= 0.6 is 0 Å². The van der Waals surface area contributed by atoms with Gasteiger partial charge in [-0.05, 0) is 33.0 Å². The predicted molar refractivity (Wildman–Crippen MR) is 59.1 cm³/mol. The van der Waals surface area contributed by atoms with E-state index >= 15 is 0 Å². The van der Waals surface area contributed by atoms with Crippen molar-refractivity contribution in [3.63, 3.8) is 0 Å². The Morgan fingerprint density at radius 1 is 1.38 bits per heavy atom. The van der Waals surface area contributed by atoms with Crippen LogP contribution in [0, 0.1) is 5.92 Å². The number of hydrogen-bond donors (Lipinski definition) is 3. The molecule has 1 fully saturated rings. The van der Waals surface area contributed by atoms with Crippen molar-refractivity contribution in [1.82, 2.24) is 15.5 Å². The summed E-state index contributed by atoms with van der Waals surface area (Å²) in [5.41, 5.74) is 0. The van der Waals surface area contributed by atoms with E-state index < -0.39 is 12.0 Å². The third-order valence-electron chi connectivity index (χ3n) is 2.81. The molecule has 0 aromatic heterocycles. The summed E-state index contributed by atoms with van der Waals surface area (Å²) < 4.78 is 0. The highest BCUT2D eigenvalue weighted by atomic mass is 16.4. The minimum absolute atomic E-state index is 0.145. The third kappa shape index (κ3) is 2.93. The molecular weight excluding hydrogens is 210 g/mol. The number of likely N-dealkylation sites (N-methyl/N-ethyl adjacent to an activating group) is 1. The molecule has 0 aromatic carbocycles. The fourth-order valence-electron chi connectivity index (χ4n) is 2.12. The fourth-order valence-corrected chi connectivity index (χ4v) is 2.12. The fraction of sp³-hybridized carbons (Fsp3) is 0.800. The van der Waals surface area contributed by atoms with Gasteiger partial charge >= 0.3 is 5.97 Å². The highest BCUT2D eigenvalue weighted by Crippen LogP contribution is 2.22. The highest BCUT2D eigenvalue weighted by molar-refractivity contribution is 5.85. The summed E-state index contributed by atoms with van der Waals surface area (Å²) in [6.07, 6.45) is 0.533. The summed E-state index contributed by atoms with van der Waals surface area (Å²) in [6, 6.07) is -0.667. The maximum atomic E-state index is 11.7. The van der Waals surface area contributed by atoms with Gasteiger partial charge in [0.15, 0.2) is 0 Å². The quantitative estimate of drug-likeness (QED) is 0.547. The van der Waals surface area contributed by atoms with Crippen molar-refractivity contribution in [2.45, 2.75) is 12.5 Å². The average Bonchev–Trinajstić information content (AvgIpc) is 2.63. The van der Waals surface area contributed by atoms with E-state index in [9.17, 15) is 9.59 Å². The van der Waals surface area contributed by atoms with Crippen molar-refractivity contribution in [3.8, 4) is 0 Å². The minimum Gasteiger partial charge on any atom is -0.480 e. The second kappa shape index (κ2) is 5.81.